The topological polar surface area (TPSA) is 113 Å². The Morgan fingerprint density at radius 1 is 1.03 bits per heavy atom. The molecule has 0 aliphatic carbocycles. The molecule has 0 N–H and O–H groups in total. The summed E-state index contributed by atoms with van der Waals surface area (Å²) in [6.07, 6.45) is 0. The lowest BCUT2D eigenvalue weighted by Crippen LogP contribution is -2.12. The van der Waals surface area contributed by atoms with E-state index < -0.39 is 0 Å². The Morgan fingerprint density at radius 2 is 1.83 bits per heavy atom. The number of aryl methyl sites for hydroxylation is 1. The molecule has 0 aliphatic heterocycles. The van der Waals surface area contributed by atoms with Crippen molar-refractivity contribution in [1.29, 1.82) is 0 Å². The summed E-state index contributed by atoms with van der Waals surface area (Å²) in [5.74, 6) is 1.90. The largest absolute Gasteiger partial charge is 0.497 e. The van der Waals surface area contributed by atoms with Crippen LogP contribution in [0, 0.1) is 0 Å². The molecule has 4 rings (SSSR count). The number of ether oxygens (including phenoxy) is 1. The standard InChI is InChI=1S/C19H17N7O3/c1-26-18(21-24-25-26)17(13-6-4-3-5-7-13)23-28-12-16-20-22-19(29-16)14-8-10-15(27-2)11-9-14/h3-11H,12H2,1-2H3/b23-17-. The molecule has 0 radical (unpaired) electrons. The number of hydrogen-bond donors (Lipinski definition) is 0. The van der Waals surface area contributed by atoms with Gasteiger partial charge in [0.2, 0.25) is 11.7 Å². The smallest absolute Gasteiger partial charge is 0.257 e. The molecule has 4 aromatic rings. The van der Waals surface area contributed by atoms with E-state index in [0.717, 1.165) is 16.9 Å². The summed E-state index contributed by atoms with van der Waals surface area (Å²) in [5.41, 5.74) is 2.09. The molecular weight excluding hydrogens is 374 g/mol. The number of rotatable bonds is 7. The lowest BCUT2D eigenvalue weighted by molar-refractivity contribution is 0.111. The van der Waals surface area contributed by atoms with Crippen LogP contribution in [-0.4, -0.2) is 43.2 Å². The van der Waals surface area contributed by atoms with Crippen molar-refractivity contribution in [2.24, 2.45) is 12.2 Å². The first kappa shape index (κ1) is 18.3. The third kappa shape index (κ3) is 4.10. The van der Waals surface area contributed by atoms with Gasteiger partial charge in [-0.1, -0.05) is 35.5 Å². The first-order valence-corrected chi connectivity index (χ1v) is 8.69. The Balaban J connectivity index is 1.50. The van der Waals surface area contributed by atoms with Crippen LogP contribution in [0.5, 0.6) is 5.75 Å². The van der Waals surface area contributed by atoms with Gasteiger partial charge in [-0.25, -0.2) is 4.68 Å². The molecular formula is C19H17N7O3. The highest BCUT2D eigenvalue weighted by molar-refractivity contribution is 6.10. The van der Waals surface area contributed by atoms with E-state index in [1.54, 1.807) is 14.2 Å². The highest BCUT2D eigenvalue weighted by Gasteiger charge is 2.15. The third-order valence-corrected chi connectivity index (χ3v) is 4.03. The molecule has 0 unspecified atom stereocenters. The molecule has 0 saturated heterocycles. The van der Waals surface area contributed by atoms with Gasteiger partial charge in [-0.3, -0.25) is 0 Å². The van der Waals surface area contributed by atoms with Gasteiger partial charge in [-0.15, -0.1) is 15.3 Å². The van der Waals surface area contributed by atoms with Crippen LogP contribution in [0.4, 0.5) is 0 Å². The molecule has 2 aromatic carbocycles. The van der Waals surface area contributed by atoms with E-state index in [2.05, 4.69) is 30.9 Å². The van der Waals surface area contributed by atoms with Gasteiger partial charge in [0.15, 0.2) is 12.3 Å². The Hall–Kier alpha value is -4.08. The van der Waals surface area contributed by atoms with Crippen molar-refractivity contribution in [2.75, 3.05) is 7.11 Å². The Labute approximate surface area is 165 Å². The SMILES string of the molecule is COc1ccc(-c2nnc(CO/N=C(/c3ccccc3)c3nnnn3C)o2)cc1. The van der Waals surface area contributed by atoms with Crippen molar-refractivity contribution in [1.82, 2.24) is 30.4 Å². The molecule has 0 aliphatic rings. The van der Waals surface area contributed by atoms with Crippen LogP contribution in [0.25, 0.3) is 11.5 Å². The summed E-state index contributed by atoms with van der Waals surface area (Å²) >= 11 is 0. The molecule has 2 heterocycles. The van der Waals surface area contributed by atoms with Crippen LogP contribution < -0.4 is 4.74 Å². The molecule has 0 amide bonds. The number of tetrazole rings is 1. The molecule has 29 heavy (non-hydrogen) atoms. The maximum absolute atomic E-state index is 5.64. The van der Waals surface area contributed by atoms with Crippen LogP contribution in [0.15, 0.2) is 64.2 Å². The summed E-state index contributed by atoms with van der Waals surface area (Å²) in [4.78, 5) is 5.46. The molecule has 10 nitrogen and oxygen atoms in total. The van der Waals surface area contributed by atoms with E-state index in [9.17, 15) is 0 Å². The van der Waals surface area contributed by atoms with Gasteiger partial charge in [0.25, 0.3) is 5.89 Å². The van der Waals surface area contributed by atoms with Crippen LogP contribution in [0.2, 0.25) is 0 Å². The van der Waals surface area contributed by atoms with Crippen molar-refractivity contribution >= 4 is 5.71 Å². The average Bonchev–Trinajstić information content (AvgIpc) is 3.41. The van der Waals surface area contributed by atoms with Crippen molar-refractivity contribution in [3.05, 3.63) is 71.9 Å². The minimum absolute atomic E-state index is 0.00473. The van der Waals surface area contributed by atoms with E-state index >= 15 is 0 Å². The first-order valence-electron chi connectivity index (χ1n) is 8.69. The van der Waals surface area contributed by atoms with Gasteiger partial charge >= 0.3 is 0 Å². The molecule has 0 fully saturated rings. The Kier molecular flexibility index (Phi) is 5.23. The predicted octanol–water partition coefficient (Wildman–Crippen LogP) is 2.24. The van der Waals surface area contributed by atoms with Gasteiger partial charge in [0, 0.05) is 18.2 Å². The highest BCUT2D eigenvalue weighted by Crippen LogP contribution is 2.21. The zero-order chi connectivity index (χ0) is 20.1. The number of hydrogen-bond acceptors (Lipinski definition) is 9. The van der Waals surface area contributed by atoms with Crippen molar-refractivity contribution in [2.45, 2.75) is 6.61 Å². The molecule has 0 bridgehead atoms. The van der Waals surface area contributed by atoms with Gasteiger partial charge in [-0.2, -0.15) is 0 Å². The molecule has 0 saturated carbocycles. The number of oxime groups is 1. The van der Waals surface area contributed by atoms with Crippen LogP contribution in [0.3, 0.4) is 0 Å². The number of methoxy groups -OCH3 is 1. The predicted molar refractivity (Wildman–Crippen MR) is 102 cm³/mol. The van der Waals surface area contributed by atoms with Gasteiger partial charge in [0.05, 0.1) is 7.11 Å². The number of nitrogens with zero attached hydrogens (tertiary/aromatic N) is 7. The fourth-order valence-corrected chi connectivity index (χ4v) is 2.56. The van der Waals surface area contributed by atoms with Crippen molar-refractivity contribution in [3.63, 3.8) is 0 Å². The maximum atomic E-state index is 5.64. The molecule has 10 heteroatoms. The zero-order valence-electron chi connectivity index (χ0n) is 15.8. The summed E-state index contributed by atoms with van der Waals surface area (Å²) < 4.78 is 12.3. The Bertz CT molecular complexity index is 1100. The van der Waals surface area contributed by atoms with Crippen LogP contribution in [-0.2, 0) is 18.5 Å². The van der Waals surface area contributed by atoms with E-state index in [4.69, 9.17) is 14.0 Å². The second-order valence-corrected chi connectivity index (χ2v) is 5.93. The quantitative estimate of drug-likeness (QED) is 0.348. The van der Waals surface area contributed by atoms with Gasteiger partial charge < -0.3 is 14.0 Å². The fraction of sp³-hybridized carbons (Fsp3) is 0.158. The van der Waals surface area contributed by atoms with Gasteiger partial charge in [0.1, 0.15) is 5.75 Å². The highest BCUT2D eigenvalue weighted by atomic mass is 16.6. The van der Waals surface area contributed by atoms with Crippen LogP contribution >= 0.6 is 0 Å². The lowest BCUT2D eigenvalue weighted by atomic mass is 10.1. The second kappa shape index (κ2) is 8.30. The normalized spacial score (nSPS) is 11.4. The average molecular weight is 391 g/mol. The minimum atomic E-state index is 0.00473. The third-order valence-electron chi connectivity index (χ3n) is 4.03. The van der Waals surface area contributed by atoms with E-state index in [0.29, 0.717) is 23.3 Å². The summed E-state index contributed by atoms with van der Waals surface area (Å²) in [5, 5.41) is 23.8. The van der Waals surface area contributed by atoms with Crippen molar-refractivity contribution in [3.8, 4) is 17.2 Å². The van der Waals surface area contributed by atoms with Gasteiger partial charge in [-0.05, 0) is 34.7 Å². The molecule has 146 valence electrons. The molecule has 0 spiro atoms. The fourth-order valence-electron chi connectivity index (χ4n) is 2.56. The number of aromatic nitrogens is 6. The minimum Gasteiger partial charge on any atom is -0.497 e. The zero-order valence-corrected chi connectivity index (χ0v) is 15.8. The van der Waals surface area contributed by atoms with Crippen LogP contribution in [0.1, 0.15) is 17.3 Å². The lowest BCUT2D eigenvalue weighted by Gasteiger charge is -2.04. The summed E-state index contributed by atoms with van der Waals surface area (Å²) in [6, 6.07) is 16.8. The summed E-state index contributed by atoms with van der Waals surface area (Å²) in [7, 11) is 3.34. The maximum Gasteiger partial charge on any atom is 0.257 e. The molecule has 2 aromatic heterocycles. The Morgan fingerprint density at radius 3 is 2.52 bits per heavy atom. The van der Waals surface area contributed by atoms with E-state index in [1.807, 2.05) is 54.6 Å². The molecule has 0 atom stereocenters. The van der Waals surface area contributed by atoms with E-state index in [-0.39, 0.29) is 6.61 Å². The summed E-state index contributed by atoms with van der Waals surface area (Å²) in [6.45, 7) is 0.00473. The first-order chi connectivity index (χ1) is 14.2. The van der Waals surface area contributed by atoms with Crippen molar-refractivity contribution < 1.29 is 14.0 Å². The van der Waals surface area contributed by atoms with E-state index in [1.165, 1.54) is 4.68 Å². The monoisotopic (exact) mass is 391 g/mol. The number of benzene rings is 2. The second-order valence-electron chi connectivity index (χ2n) is 5.93.